The number of nitrogens with zero attached hydrogens (tertiary/aromatic N) is 1. The third-order valence-corrected chi connectivity index (χ3v) is 3.26. The number of aromatic nitrogens is 2. The van der Waals surface area contributed by atoms with Crippen molar-refractivity contribution in [3.8, 4) is 11.3 Å². The van der Waals surface area contributed by atoms with Crippen LogP contribution in [0.25, 0.3) is 11.3 Å². The van der Waals surface area contributed by atoms with Gasteiger partial charge in [0.15, 0.2) is 0 Å². The van der Waals surface area contributed by atoms with Crippen LogP contribution in [0.15, 0.2) is 18.3 Å². The number of aromatic carboxylic acids is 1. The average molecular weight is 274 g/mol. The predicted octanol–water partition coefficient (Wildman–Crippen LogP) is 2.58. The molecule has 0 atom stereocenters. The van der Waals surface area contributed by atoms with Crippen LogP contribution in [-0.4, -0.2) is 34.8 Å². The molecule has 0 spiro atoms. The van der Waals surface area contributed by atoms with Crippen LogP contribution in [0, 0.1) is 13.8 Å². The third-order valence-electron chi connectivity index (χ3n) is 3.26. The summed E-state index contributed by atoms with van der Waals surface area (Å²) >= 11 is 0. The lowest BCUT2D eigenvalue weighted by molar-refractivity contribution is 0.0696. The van der Waals surface area contributed by atoms with Crippen molar-refractivity contribution in [1.82, 2.24) is 9.97 Å². The standard InChI is InChI=1S/C15H18N2O3/c1-9-6-10(2)12(15(18)19)7-11(9)13-8-16-14(17-13)4-5-20-3/h6-8H,4-5H2,1-3H3,(H,16,17)(H,18,19). The summed E-state index contributed by atoms with van der Waals surface area (Å²) < 4.78 is 5.01. The summed E-state index contributed by atoms with van der Waals surface area (Å²) in [5.74, 6) is -0.0819. The number of nitrogens with one attached hydrogen (secondary N) is 1. The van der Waals surface area contributed by atoms with Gasteiger partial charge >= 0.3 is 5.97 Å². The molecule has 20 heavy (non-hydrogen) atoms. The number of aromatic amines is 1. The second-order valence-corrected chi connectivity index (χ2v) is 4.77. The number of rotatable bonds is 5. The average Bonchev–Trinajstić information content (AvgIpc) is 2.84. The number of hydrogen-bond acceptors (Lipinski definition) is 3. The topological polar surface area (TPSA) is 75.2 Å². The number of carboxylic acid groups (broad SMARTS) is 1. The molecule has 5 heteroatoms. The van der Waals surface area contributed by atoms with Crippen LogP contribution < -0.4 is 0 Å². The minimum Gasteiger partial charge on any atom is -0.478 e. The van der Waals surface area contributed by atoms with Gasteiger partial charge in [-0.15, -0.1) is 0 Å². The van der Waals surface area contributed by atoms with Gasteiger partial charge in [-0.3, -0.25) is 0 Å². The Morgan fingerprint density at radius 3 is 2.75 bits per heavy atom. The van der Waals surface area contributed by atoms with Crippen LogP contribution in [0.4, 0.5) is 0 Å². The number of ether oxygens (including phenoxy) is 1. The van der Waals surface area contributed by atoms with E-state index >= 15 is 0 Å². The van der Waals surface area contributed by atoms with E-state index in [0.717, 1.165) is 28.2 Å². The SMILES string of the molecule is COCCc1ncc(-c2cc(C(=O)O)c(C)cc2C)[nH]1. The minimum absolute atomic E-state index is 0.318. The lowest BCUT2D eigenvalue weighted by Gasteiger charge is -2.08. The first-order chi connectivity index (χ1) is 9.52. The van der Waals surface area contributed by atoms with E-state index in [1.54, 1.807) is 26.3 Å². The van der Waals surface area contributed by atoms with Gasteiger partial charge in [0.1, 0.15) is 5.82 Å². The minimum atomic E-state index is -0.914. The van der Waals surface area contributed by atoms with Crippen molar-refractivity contribution >= 4 is 5.97 Å². The van der Waals surface area contributed by atoms with Crippen LogP contribution >= 0.6 is 0 Å². The van der Waals surface area contributed by atoms with Crippen molar-refractivity contribution in [2.45, 2.75) is 20.3 Å². The Labute approximate surface area is 117 Å². The van der Waals surface area contributed by atoms with Gasteiger partial charge in [-0.2, -0.15) is 0 Å². The highest BCUT2D eigenvalue weighted by molar-refractivity contribution is 5.91. The van der Waals surface area contributed by atoms with Crippen molar-refractivity contribution in [2.75, 3.05) is 13.7 Å². The zero-order valence-corrected chi connectivity index (χ0v) is 11.9. The molecule has 2 N–H and O–H groups in total. The highest BCUT2D eigenvalue weighted by atomic mass is 16.5. The van der Waals surface area contributed by atoms with E-state index in [-0.39, 0.29) is 0 Å². The van der Waals surface area contributed by atoms with Gasteiger partial charge in [-0.1, -0.05) is 6.07 Å². The molecule has 0 aliphatic heterocycles. The van der Waals surface area contributed by atoms with Crippen molar-refractivity contribution in [3.63, 3.8) is 0 Å². The van der Waals surface area contributed by atoms with Crippen molar-refractivity contribution in [2.24, 2.45) is 0 Å². The Morgan fingerprint density at radius 1 is 1.35 bits per heavy atom. The first kappa shape index (κ1) is 14.3. The second-order valence-electron chi connectivity index (χ2n) is 4.77. The zero-order chi connectivity index (χ0) is 14.7. The molecule has 5 nitrogen and oxygen atoms in total. The maximum absolute atomic E-state index is 11.2. The maximum Gasteiger partial charge on any atom is 0.335 e. The molecule has 2 aromatic rings. The van der Waals surface area contributed by atoms with Crippen LogP contribution in [0.3, 0.4) is 0 Å². The van der Waals surface area contributed by atoms with Gasteiger partial charge in [0.25, 0.3) is 0 Å². The van der Waals surface area contributed by atoms with Gasteiger partial charge in [0, 0.05) is 19.1 Å². The normalized spacial score (nSPS) is 10.8. The van der Waals surface area contributed by atoms with E-state index in [2.05, 4.69) is 9.97 Å². The Bertz CT molecular complexity index is 632. The number of benzene rings is 1. The van der Waals surface area contributed by atoms with Crippen LogP contribution in [-0.2, 0) is 11.2 Å². The molecule has 0 fully saturated rings. The zero-order valence-electron chi connectivity index (χ0n) is 11.9. The van der Waals surface area contributed by atoms with E-state index < -0.39 is 5.97 Å². The van der Waals surface area contributed by atoms with E-state index in [1.165, 1.54) is 0 Å². The Morgan fingerprint density at radius 2 is 2.10 bits per heavy atom. The number of methoxy groups -OCH3 is 1. The smallest absolute Gasteiger partial charge is 0.335 e. The van der Waals surface area contributed by atoms with E-state index in [9.17, 15) is 9.90 Å². The molecule has 1 aromatic heterocycles. The maximum atomic E-state index is 11.2. The van der Waals surface area contributed by atoms with Crippen LogP contribution in [0.1, 0.15) is 27.3 Å². The van der Waals surface area contributed by atoms with Gasteiger partial charge in [0.05, 0.1) is 24.1 Å². The molecule has 0 aliphatic carbocycles. The fourth-order valence-electron chi connectivity index (χ4n) is 2.20. The number of imidazole rings is 1. The van der Waals surface area contributed by atoms with E-state index in [1.807, 2.05) is 13.0 Å². The van der Waals surface area contributed by atoms with Crippen molar-refractivity contribution < 1.29 is 14.6 Å². The number of carboxylic acids is 1. The summed E-state index contributed by atoms with van der Waals surface area (Å²) in [7, 11) is 1.65. The van der Waals surface area contributed by atoms with Gasteiger partial charge in [-0.25, -0.2) is 9.78 Å². The van der Waals surface area contributed by atoms with Gasteiger partial charge in [0.2, 0.25) is 0 Å². The fourth-order valence-corrected chi connectivity index (χ4v) is 2.20. The Hall–Kier alpha value is -2.14. The highest BCUT2D eigenvalue weighted by Gasteiger charge is 2.13. The first-order valence-electron chi connectivity index (χ1n) is 6.40. The summed E-state index contributed by atoms with van der Waals surface area (Å²) in [6.45, 7) is 4.36. The van der Waals surface area contributed by atoms with E-state index in [0.29, 0.717) is 18.6 Å². The molecule has 0 radical (unpaired) electrons. The van der Waals surface area contributed by atoms with E-state index in [4.69, 9.17) is 4.74 Å². The quantitative estimate of drug-likeness (QED) is 0.878. The lowest BCUT2D eigenvalue weighted by atomic mass is 9.98. The highest BCUT2D eigenvalue weighted by Crippen LogP contribution is 2.25. The van der Waals surface area contributed by atoms with Crippen LogP contribution in [0.5, 0.6) is 0 Å². The monoisotopic (exact) mass is 274 g/mol. The Balaban J connectivity index is 2.39. The number of carbonyl (C=O) groups is 1. The summed E-state index contributed by atoms with van der Waals surface area (Å²) in [4.78, 5) is 18.7. The predicted molar refractivity (Wildman–Crippen MR) is 76.0 cm³/mol. The summed E-state index contributed by atoms with van der Waals surface area (Å²) in [6, 6.07) is 3.58. The van der Waals surface area contributed by atoms with Gasteiger partial charge < -0.3 is 14.8 Å². The largest absolute Gasteiger partial charge is 0.478 e. The fraction of sp³-hybridized carbons (Fsp3) is 0.333. The molecular formula is C15H18N2O3. The van der Waals surface area contributed by atoms with Crippen LogP contribution in [0.2, 0.25) is 0 Å². The molecule has 0 saturated carbocycles. The first-order valence-corrected chi connectivity index (χ1v) is 6.40. The molecule has 106 valence electrons. The molecular weight excluding hydrogens is 256 g/mol. The molecule has 0 saturated heterocycles. The lowest BCUT2D eigenvalue weighted by Crippen LogP contribution is -2.01. The summed E-state index contributed by atoms with van der Waals surface area (Å²) in [6.07, 6.45) is 2.43. The molecule has 2 rings (SSSR count). The second kappa shape index (κ2) is 5.88. The molecule has 0 bridgehead atoms. The molecule has 0 unspecified atom stereocenters. The van der Waals surface area contributed by atoms with Crippen molar-refractivity contribution in [3.05, 3.63) is 40.8 Å². The number of H-pyrrole nitrogens is 1. The van der Waals surface area contributed by atoms with Gasteiger partial charge in [-0.05, 0) is 31.0 Å². The molecule has 1 heterocycles. The number of hydrogen-bond donors (Lipinski definition) is 2. The third kappa shape index (κ3) is 2.88. The molecule has 1 aromatic carbocycles. The number of aryl methyl sites for hydroxylation is 2. The summed E-state index contributed by atoms with van der Waals surface area (Å²) in [5, 5.41) is 9.21. The molecule has 0 amide bonds. The summed E-state index contributed by atoms with van der Waals surface area (Å²) in [5.41, 5.74) is 3.80. The van der Waals surface area contributed by atoms with Crippen molar-refractivity contribution in [1.29, 1.82) is 0 Å². The Kier molecular flexibility index (Phi) is 4.20. The molecule has 0 aliphatic rings.